The molecule has 0 atom stereocenters. The highest BCUT2D eigenvalue weighted by Crippen LogP contribution is 2.29. The Balaban J connectivity index is 2.80. The van der Waals surface area contributed by atoms with Gasteiger partial charge in [-0.1, -0.05) is 12.1 Å². The Morgan fingerprint density at radius 2 is 1.81 bits per heavy atom. The molecule has 0 saturated heterocycles. The Labute approximate surface area is 92.9 Å². The predicted molar refractivity (Wildman–Crippen MR) is 60.2 cm³/mol. The van der Waals surface area contributed by atoms with Crippen molar-refractivity contribution in [2.45, 2.75) is 11.8 Å². The summed E-state index contributed by atoms with van der Waals surface area (Å²) >= 11 is 0. The lowest BCUT2D eigenvalue weighted by atomic mass is 10.1. The zero-order chi connectivity index (χ0) is 11.9. The molecular formula is C11H10O4S. The first-order chi connectivity index (χ1) is 7.39. The van der Waals surface area contributed by atoms with Crippen molar-refractivity contribution in [3.05, 3.63) is 35.9 Å². The van der Waals surface area contributed by atoms with Crippen molar-refractivity contribution >= 4 is 20.9 Å². The van der Waals surface area contributed by atoms with Gasteiger partial charge in [-0.05, 0) is 36.1 Å². The smallest absolute Gasteiger partial charge is 0.294 e. The van der Waals surface area contributed by atoms with E-state index in [9.17, 15) is 13.5 Å². The van der Waals surface area contributed by atoms with Gasteiger partial charge in [0.05, 0.1) is 4.90 Å². The molecule has 5 heteroatoms. The molecule has 0 bridgehead atoms. The molecule has 0 fully saturated rings. The van der Waals surface area contributed by atoms with Gasteiger partial charge in [0.25, 0.3) is 10.1 Å². The summed E-state index contributed by atoms with van der Waals surface area (Å²) in [5.74, 6) is 0.124. The van der Waals surface area contributed by atoms with Crippen molar-refractivity contribution in [1.82, 2.24) is 0 Å². The zero-order valence-electron chi connectivity index (χ0n) is 8.51. The van der Waals surface area contributed by atoms with Crippen LogP contribution in [0.3, 0.4) is 0 Å². The summed E-state index contributed by atoms with van der Waals surface area (Å²) in [6, 6.07) is 7.44. The number of hydrogen-bond donors (Lipinski definition) is 2. The average Bonchev–Trinajstić information content (AvgIpc) is 2.22. The summed E-state index contributed by atoms with van der Waals surface area (Å²) in [6.07, 6.45) is 0. The number of phenols is 1. The molecule has 0 amide bonds. The number of hydrogen-bond acceptors (Lipinski definition) is 3. The molecule has 0 radical (unpaired) electrons. The zero-order valence-corrected chi connectivity index (χ0v) is 9.32. The lowest BCUT2D eigenvalue weighted by Gasteiger charge is -2.05. The van der Waals surface area contributed by atoms with Crippen LogP contribution in [0.25, 0.3) is 10.8 Å². The van der Waals surface area contributed by atoms with Crippen LogP contribution in [0.2, 0.25) is 0 Å². The lowest BCUT2D eigenvalue weighted by Crippen LogP contribution is -1.97. The van der Waals surface area contributed by atoms with E-state index in [0.717, 1.165) is 0 Å². The van der Waals surface area contributed by atoms with Crippen molar-refractivity contribution in [2.24, 2.45) is 0 Å². The predicted octanol–water partition coefficient (Wildman–Crippen LogP) is 2.10. The molecule has 0 aromatic heterocycles. The van der Waals surface area contributed by atoms with Crippen LogP contribution >= 0.6 is 0 Å². The van der Waals surface area contributed by atoms with Gasteiger partial charge in [-0.15, -0.1) is 0 Å². The maximum Gasteiger partial charge on any atom is 0.294 e. The van der Waals surface area contributed by atoms with Gasteiger partial charge in [0.15, 0.2) is 0 Å². The third-order valence-electron chi connectivity index (χ3n) is 2.46. The standard InChI is InChI=1S/C11H10O4S/c1-7-2-3-8-6-9(16(13,14)15)4-5-10(8)11(7)12/h2-6,12H,1H3,(H,13,14,15). The molecule has 16 heavy (non-hydrogen) atoms. The normalized spacial score (nSPS) is 11.9. The van der Waals surface area contributed by atoms with Crippen LogP contribution in [0.4, 0.5) is 0 Å². The monoisotopic (exact) mass is 238 g/mol. The van der Waals surface area contributed by atoms with Crippen molar-refractivity contribution in [2.75, 3.05) is 0 Å². The van der Waals surface area contributed by atoms with Crippen molar-refractivity contribution in [1.29, 1.82) is 0 Å². The largest absolute Gasteiger partial charge is 0.507 e. The fourth-order valence-corrected chi connectivity index (χ4v) is 2.08. The lowest BCUT2D eigenvalue weighted by molar-refractivity contribution is 0.476. The Hall–Kier alpha value is -1.59. The summed E-state index contributed by atoms with van der Waals surface area (Å²) < 4.78 is 30.7. The molecule has 2 aromatic rings. The Bertz CT molecular complexity index is 659. The summed E-state index contributed by atoms with van der Waals surface area (Å²) in [4.78, 5) is -0.178. The number of rotatable bonds is 1. The van der Waals surface area contributed by atoms with Crippen molar-refractivity contribution < 1.29 is 18.1 Å². The molecule has 0 unspecified atom stereocenters. The quantitative estimate of drug-likeness (QED) is 0.746. The second-order valence-electron chi connectivity index (χ2n) is 3.59. The summed E-state index contributed by atoms with van der Waals surface area (Å²) in [6.45, 7) is 1.76. The fraction of sp³-hybridized carbons (Fsp3) is 0.0909. The fourth-order valence-electron chi connectivity index (χ4n) is 1.56. The van der Waals surface area contributed by atoms with Crippen LogP contribution in [-0.2, 0) is 10.1 Å². The van der Waals surface area contributed by atoms with E-state index in [0.29, 0.717) is 16.3 Å². The van der Waals surface area contributed by atoms with E-state index in [1.54, 1.807) is 19.1 Å². The van der Waals surface area contributed by atoms with Crippen LogP contribution in [0.5, 0.6) is 5.75 Å². The highest BCUT2D eigenvalue weighted by molar-refractivity contribution is 7.85. The molecule has 2 aromatic carbocycles. The van der Waals surface area contributed by atoms with Gasteiger partial charge in [0, 0.05) is 5.39 Å². The van der Waals surface area contributed by atoms with E-state index in [4.69, 9.17) is 4.55 Å². The minimum atomic E-state index is -4.20. The molecule has 0 aliphatic carbocycles. The second-order valence-corrected chi connectivity index (χ2v) is 5.01. The molecular weight excluding hydrogens is 228 g/mol. The second kappa shape index (κ2) is 3.47. The van der Waals surface area contributed by atoms with Gasteiger partial charge >= 0.3 is 0 Å². The molecule has 0 spiro atoms. The van der Waals surface area contributed by atoms with Gasteiger partial charge in [-0.3, -0.25) is 4.55 Å². The first kappa shape index (κ1) is 10.9. The number of benzene rings is 2. The van der Waals surface area contributed by atoms with Crippen LogP contribution in [-0.4, -0.2) is 18.1 Å². The molecule has 0 saturated carbocycles. The maximum atomic E-state index is 10.9. The summed E-state index contributed by atoms with van der Waals surface area (Å²) in [7, 11) is -4.20. The number of aromatic hydroxyl groups is 1. The van der Waals surface area contributed by atoms with Crippen molar-refractivity contribution in [3.8, 4) is 5.75 Å². The first-order valence-corrected chi connectivity index (χ1v) is 6.03. The van der Waals surface area contributed by atoms with E-state index in [2.05, 4.69) is 0 Å². The van der Waals surface area contributed by atoms with E-state index < -0.39 is 10.1 Å². The van der Waals surface area contributed by atoms with E-state index >= 15 is 0 Å². The third-order valence-corrected chi connectivity index (χ3v) is 3.31. The molecule has 0 aliphatic rings. The molecule has 2 rings (SSSR count). The van der Waals surface area contributed by atoms with Crippen LogP contribution in [0.1, 0.15) is 5.56 Å². The van der Waals surface area contributed by atoms with Crippen LogP contribution < -0.4 is 0 Å². The molecule has 0 heterocycles. The maximum absolute atomic E-state index is 10.9. The SMILES string of the molecule is Cc1ccc2cc(S(=O)(=O)O)ccc2c1O. The highest BCUT2D eigenvalue weighted by Gasteiger charge is 2.11. The summed E-state index contributed by atoms with van der Waals surface area (Å²) in [5, 5.41) is 10.9. The molecule has 0 aliphatic heterocycles. The molecule has 4 nitrogen and oxygen atoms in total. The van der Waals surface area contributed by atoms with Crippen LogP contribution in [0.15, 0.2) is 35.2 Å². The van der Waals surface area contributed by atoms with Crippen molar-refractivity contribution in [3.63, 3.8) is 0 Å². The van der Waals surface area contributed by atoms with Gasteiger partial charge < -0.3 is 5.11 Å². The summed E-state index contributed by atoms with van der Waals surface area (Å²) in [5.41, 5.74) is 0.715. The number of phenolic OH excluding ortho intramolecular Hbond substituents is 1. The minimum absolute atomic E-state index is 0.124. The topological polar surface area (TPSA) is 74.6 Å². The van der Waals surface area contributed by atoms with Gasteiger partial charge in [0.2, 0.25) is 0 Å². The molecule has 2 N–H and O–H groups in total. The minimum Gasteiger partial charge on any atom is -0.507 e. The van der Waals surface area contributed by atoms with E-state index in [-0.39, 0.29) is 10.6 Å². The Morgan fingerprint density at radius 1 is 1.12 bits per heavy atom. The number of aryl methyl sites for hydroxylation is 1. The number of fused-ring (bicyclic) bond motifs is 1. The van der Waals surface area contributed by atoms with E-state index in [1.165, 1.54) is 18.2 Å². The first-order valence-electron chi connectivity index (χ1n) is 4.59. The third kappa shape index (κ3) is 1.75. The molecule has 84 valence electrons. The van der Waals surface area contributed by atoms with E-state index in [1.807, 2.05) is 0 Å². The Kier molecular flexibility index (Phi) is 2.36. The highest BCUT2D eigenvalue weighted by atomic mass is 32.2. The average molecular weight is 238 g/mol. The van der Waals surface area contributed by atoms with Gasteiger partial charge in [-0.25, -0.2) is 0 Å². The van der Waals surface area contributed by atoms with Gasteiger partial charge in [0.1, 0.15) is 5.75 Å². The van der Waals surface area contributed by atoms with Gasteiger partial charge in [-0.2, -0.15) is 8.42 Å². The Morgan fingerprint density at radius 3 is 2.44 bits per heavy atom. The van der Waals surface area contributed by atoms with Crippen LogP contribution in [0, 0.1) is 6.92 Å².